The summed E-state index contributed by atoms with van der Waals surface area (Å²) in [5.41, 5.74) is 0.963. The summed E-state index contributed by atoms with van der Waals surface area (Å²) in [5.74, 6) is 1.18. The first-order chi connectivity index (χ1) is 9.40. The van der Waals surface area contributed by atoms with Gasteiger partial charge in [-0.25, -0.2) is 0 Å². The highest BCUT2D eigenvalue weighted by Crippen LogP contribution is 2.23. The zero-order valence-electron chi connectivity index (χ0n) is 12.7. The minimum absolute atomic E-state index is 0.246. The number of carbonyl (C=O) groups is 1. The van der Waals surface area contributed by atoms with Crippen molar-refractivity contribution in [3.8, 4) is 5.75 Å². The fourth-order valence-electron chi connectivity index (χ4n) is 2.19. The first-order valence-electron chi connectivity index (χ1n) is 7.00. The third-order valence-electron chi connectivity index (χ3n) is 3.59. The van der Waals surface area contributed by atoms with E-state index in [0.29, 0.717) is 12.2 Å². The summed E-state index contributed by atoms with van der Waals surface area (Å²) in [4.78, 5) is 12.0. The highest BCUT2D eigenvalue weighted by molar-refractivity contribution is 5.85. The summed E-state index contributed by atoms with van der Waals surface area (Å²) in [6.45, 7) is 5.92. The Bertz CT molecular complexity index is 621. The van der Waals surface area contributed by atoms with Crippen LogP contribution in [0.4, 0.5) is 0 Å². The second-order valence-electron chi connectivity index (χ2n) is 6.22. The Morgan fingerprint density at radius 3 is 2.35 bits per heavy atom. The van der Waals surface area contributed by atoms with E-state index in [1.165, 1.54) is 10.9 Å². The molecule has 2 aromatic carbocycles. The van der Waals surface area contributed by atoms with Crippen molar-refractivity contribution in [3.05, 3.63) is 42.0 Å². The van der Waals surface area contributed by atoms with Gasteiger partial charge in [0.15, 0.2) is 0 Å². The molecule has 0 amide bonds. The minimum Gasteiger partial charge on any atom is -0.497 e. The molecule has 0 saturated heterocycles. The molecule has 0 unspecified atom stereocenters. The van der Waals surface area contributed by atoms with Crippen molar-refractivity contribution >= 4 is 16.6 Å². The molecule has 0 aliphatic heterocycles. The van der Waals surface area contributed by atoms with Gasteiger partial charge in [-0.3, -0.25) is 4.79 Å². The molecular weight excluding hydrogens is 248 g/mol. The molecule has 106 valence electrons. The zero-order valence-corrected chi connectivity index (χ0v) is 12.7. The van der Waals surface area contributed by atoms with E-state index in [-0.39, 0.29) is 5.41 Å². The Balaban J connectivity index is 2.14. The average molecular weight is 270 g/mol. The Kier molecular flexibility index (Phi) is 4.12. The Morgan fingerprint density at radius 2 is 1.70 bits per heavy atom. The quantitative estimate of drug-likeness (QED) is 0.823. The summed E-state index contributed by atoms with van der Waals surface area (Å²) in [6.07, 6.45) is 1.41. The molecule has 0 atom stereocenters. The summed E-state index contributed by atoms with van der Waals surface area (Å²) in [7, 11) is 1.67. The summed E-state index contributed by atoms with van der Waals surface area (Å²) < 4.78 is 5.22. The second kappa shape index (κ2) is 5.66. The van der Waals surface area contributed by atoms with Crippen LogP contribution in [-0.4, -0.2) is 12.9 Å². The third-order valence-corrected chi connectivity index (χ3v) is 3.59. The topological polar surface area (TPSA) is 26.3 Å². The molecule has 0 aliphatic carbocycles. The largest absolute Gasteiger partial charge is 0.497 e. The maximum absolute atomic E-state index is 12.0. The maximum atomic E-state index is 12.0. The monoisotopic (exact) mass is 270 g/mol. The molecule has 2 aromatic rings. The van der Waals surface area contributed by atoms with Crippen molar-refractivity contribution in [3.63, 3.8) is 0 Å². The van der Waals surface area contributed by atoms with Gasteiger partial charge in [-0.2, -0.15) is 0 Å². The normalized spacial score (nSPS) is 11.6. The van der Waals surface area contributed by atoms with E-state index in [4.69, 9.17) is 4.74 Å². The second-order valence-corrected chi connectivity index (χ2v) is 6.22. The molecule has 0 aliphatic rings. The number of methoxy groups -OCH3 is 1. The van der Waals surface area contributed by atoms with E-state index in [0.717, 1.165) is 17.6 Å². The number of rotatable bonds is 4. The summed E-state index contributed by atoms with van der Waals surface area (Å²) >= 11 is 0. The number of carbonyl (C=O) groups excluding carboxylic acids is 1. The van der Waals surface area contributed by atoms with Crippen LogP contribution in [0.25, 0.3) is 10.8 Å². The van der Waals surface area contributed by atoms with Gasteiger partial charge in [0, 0.05) is 11.8 Å². The van der Waals surface area contributed by atoms with Crippen LogP contribution >= 0.6 is 0 Å². The lowest BCUT2D eigenvalue weighted by atomic mass is 9.87. The van der Waals surface area contributed by atoms with E-state index < -0.39 is 0 Å². The van der Waals surface area contributed by atoms with Gasteiger partial charge in [0.05, 0.1) is 7.11 Å². The molecule has 0 bridgehead atoms. The van der Waals surface area contributed by atoms with Crippen molar-refractivity contribution in [2.24, 2.45) is 5.41 Å². The molecule has 0 N–H and O–H groups in total. The number of benzene rings is 2. The molecular formula is C18H22O2. The van der Waals surface area contributed by atoms with Crippen LogP contribution in [0.2, 0.25) is 0 Å². The van der Waals surface area contributed by atoms with Gasteiger partial charge >= 0.3 is 0 Å². The molecule has 0 spiro atoms. The molecule has 0 aromatic heterocycles. The summed E-state index contributed by atoms with van der Waals surface area (Å²) in [6, 6.07) is 12.4. The number of hydrogen-bond acceptors (Lipinski definition) is 2. The number of aryl methyl sites for hydroxylation is 1. The highest BCUT2D eigenvalue weighted by Gasteiger charge is 2.20. The van der Waals surface area contributed by atoms with Crippen molar-refractivity contribution in [1.82, 2.24) is 0 Å². The number of fused-ring (bicyclic) bond motifs is 1. The number of Topliss-reactive ketones (excluding diaryl/α,β-unsaturated/α-hetero) is 1. The van der Waals surface area contributed by atoms with Gasteiger partial charge in [0.2, 0.25) is 0 Å². The van der Waals surface area contributed by atoms with Crippen molar-refractivity contribution < 1.29 is 9.53 Å². The van der Waals surface area contributed by atoms with E-state index in [1.54, 1.807) is 7.11 Å². The van der Waals surface area contributed by atoms with Crippen LogP contribution in [-0.2, 0) is 11.2 Å². The van der Waals surface area contributed by atoms with Crippen LogP contribution in [0.1, 0.15) is 32.8 Å². The average Bonchev–Trinajstić information content (AvgIpc) is 2.42. The lowest BCUT2D eigenvalue weighted by Gasteiger charge is -2.16. The van der Waals surface area contributed by atoms with Crippen LogP contribution in [0, 0.1) is 5.41 Å². The lowest BCUT2D eigenvalue weighted by Crippen LogP contribution is -2.20. The van der Waals surface area contributed by atoms with Gasteiger partial charge in [-0.05, 0) is 34.9 Å². The van der Waals surface area contributed by atoms with Crippen molar-refractivity contribution in [2.75, 3.05) is 7.11 Å². The molecule has 0 radical (unpaired) electrons. The van der Waals surface area contributed by atoms with Gasteiger partial charge in [-0.15, -0.1) is 0 Å². The fraction of sp³-hybridized carbons (Fsp3) is 0.389. The zero-order chi connectivity index (χ0) is 14.8. The maximum Gasteiger partial charge on any atom is 0.138 e. The predicted octanol–water partition coefficient (Wildman–Crippen LogP) is 4.40. The van der Waals surface area contributed by atoms with Gasteiger partial charge in [0.25, 0.3) is 0 Å². The van der Waals surface area contributed by atoms with Crippen LogP contribution < -0.4 is 4.74 Å². The Morgan fingerprint density at radius 1 is 1.05 bits per heavy atom. The van der Waals surface area contributed by atoms with Gasteiger partial charge in [0.1, 0.15) is 11.5 Å². The van der Waals surface area contributed by atoms with E-state index in [1.807, 2.05) is 32.9 Å². The van der Waals surface area contributed by atoms with Crippen LogP contribution in [0.5, 0.6) is 5.75 Å². The molecule has 0 fully saturated rings. The SMILES string of the molecule is COc1ccc2cc(CCC(=O)C(C)(C)C)ccc2c1. The molecule has 2 heteroatoms. The molecule has 2 rings (SSSR count). The van der Waals surface area contributed by atoms with Gasteiger partial charge < -0.3 is 4.74 Å². The number of ether oxygens (including phenoxy) is 1. The van der Waals surface area contributed by atoms with Crippen LogP contribution in [0.3, 0.4) is 0 Å². The Hall–Kier alpha value is -1.83. The molecule has 0 saturated carbocycles. The smallest absolute Gasteiger partial charge is 0.138 e. The molecule has 0 heterocycles. The van der Waals surface area contributed by atoms with E-state index in [9.17, 15) is 4.79 Å². The van der Waals surface area contributed by atoms with Crippen molar-refractivity contribution in [1.29, 1.82) is 0 Å². The third kappa shape index (κ3) is 3.38. The van der Waals surface area contributed by atoms with Crippen LogP contribution in [0.15, 0.2) is 36.4 Å². The predicted molar refractivity (Wildman–Crippen MR) is 83.3 cm³/mol. The van der Waals surface area contributed by atoms with E-state index >= 15 is 0 Å². The fourth-order valence-corrected chi connectivity index (χ4v) is 2.19. The molecule has 2 nitrogen and oxygen atoms in total. The molecule has 20 heavy (non-hydrogen) atoms. The lowest BCUT2D eigenvalue weighted by molar-refractivity contribution is -0.126. The standard InChI is InChI=1S/C18H22O2/c1-18(2,3)17(19)10-6-13-5-7-15-12-16(20-4)9-8-14(15)11-13/h5,7-9,11-12H,6,10H2,1-4H3. The first-order valence-corrected chi connectivity index (χ1v) is 7.00. The highest BCUT2D eigenvalue weighted by atomic mass is 16.5. The Labute approximate surface area is 120 Å². The first kappa shape index (κ1) is 14.6. The minimum atomic E-state index is -0.246. The number of hydrogen-bond donors (Lipinski definition) is 0. The van der Waals surface area contributed by atoms with Crippen molar-refractivity contribution in [2.45, 2.75) is 33.6 Å². The van der Waals surface area contributed by atoms with E-state index in [2.05, 4.69) is 24.3 Å². The summed E-state index contributed by atoms with van der Waals surface area (Å²) in [5, 5.41) is 2.35. The number of ketones is 1. The van der Waals surface area contributed by atoms with Gasteiger partial charge in [-0.1, -0.05) is 45.0 Å².